The summed E-state index contributed by atoms with van der Waals surface area (Å²) < 4.78 is 1.85. The Kier molecular flexibility index (Phi) is 2.15. The van der Waals surface area contributed by atoms with Crippen molar-refractivity contribution in [2.24, 2.45) is 0 Å². The molecule has 2 rings (SSSR count). The van der Waals surface area contributed by atoms with E-state index >= 15 is 0 Å². The highest BCUT2D eigenvalue weighted by Crippen LogP contribution is 2.19. The molecule has 0 aliphatic carbocycles. The molecule has 0 fully saturated rings. The SMILES string of the molecule is CN(C)C(=O)c1cnn2c1NCCC2. The van der Waals surface area contributed by atoms with Gasteiger partial charge in [0, 0.05) is 27.2 Å². The molecule has 0 saturated heterocycles. The lowest BCUT2D eigenvalue weighted by molar-refractivity contribution is 0.0828. The van der Waals surface area contributed by atoms with Gasteiger partial charge >= 0.3 is 0 Å². The molecule has 1 aromatic rings. The van der Waals surface area contributed by atoms with E-state index in [1.165, 1.54) is 0 Å². The fourth-order valence-corrected chi connectivity index (χ4v) is 1.57. The highest BCUT2D eigenvalue weighted by atomic mass is 16.2. The summed E-state index contributed by atoms with van der Waals surface area (Å²) in [5.74, 6) is 0.857. The summed E-state index contributed by atoms with van der Waals surface area (Å²) in [6.45, 7) is 1.81. The first kappa shape index (κ1) is 9.05. The van der Waals surface area contributed by atoms with E-state index in [-0.39, 0.29) is 5.91 Å². The van der Waals surface area contributed by atoms with Gasteiger partial charge in [-0.05, 0) is 6.42 Å². The van der Waals surface area contributed by atoms with Gasteiger partial charge in [0.25, 0.3) is 5.91 Å². The summed E-state index contributed by atoms with van der Waals surface area (Å²) in [7, 11) is 3.49. The number of carbonyl (C=O) groups is 1. The van der Waals surface area contributed by atoms with Crippen LogP contribution >= 0.6 is 0 Å². The predicted octanol–water partition coefficient (Wildman–Crippen LogP) is 0.400. The molecule has 0 bridgehead atoms. The van der Waals surface area contributed by atoms with E-state index in [2.05, 4.69) is 10.4 Å². The molecule has 0 radical (unpaired) electrons. The Morgan fingerprint density at radius 3 is 3.14 bits per heavy atom. The van der Waals surface area contributed by atoms with Crippen molar-refractivity contribution >= 4 is 11.7 Å². The molecule has 1 aromatic heterocycles. The molecule has 2 heterocycles. The van der Waals surface area contributed by atoms with E-state index in [9.17, 15) is 4.79 Å². The molecular formula is C9H14N4O. The van der Waals surface area contributed by atoms with Crippen molar-refractivity contribution < 1.29 is 4.79 Å². The summed E-state index contributed by atoms with van der Waals surface area (Å²) in [6, 6.07) is 0. The summed E-state index contributed by atoms with van der Waals surface area (Å²) in [6.07, 6.45) is 2.69. The molecule has 0 saturated carbocycles. The van der Waals surface area contributed by atoms with E-state index in [0.717, 1.165) is 25.3 Å². The first-order valence-corrected chi connectivity index (χ1v) is 4.71. The van der Waals surface area contributed by atoms with Gasteiger partial charge in [0.1, 0.15) is 11.4 Å². The van der Waals surface area contributed by atoms with Gasteiger partial charge in [0.05, 0.1) is 6.20 Å². The average molecular weight is 194 g/mol. The van der Waals surface area contributed by atoms with Crippen LogP contribution < -0.4 is 5.32 Å². The summed E-state index contributed by atoms with van der Waals surface area (Å²) in [4.78, 5) is 13.3. The Bertz CT molecular complexity index is 356. The molecule has 0 spiro atoms. The normalized spacial score (nSPS) is 14.4. The Morgan fingerprint density at radius 1 is 1.64 bits per heavy atom. The Labute approximate surface area is 82.7 Å². The average Bonchev–Trinajstić information content (AvgIpc) is 2.60. The van der Waals surface area contributed by atoms with Crippen LogP contribution in [0.15, 0.2) is 6.20 Å². The maximum atomic E-state index is 11.7. The minimum atomic E-state index is 0.000602. The number of rotatable bonds is 1. The van der Waals surface area contributed by atoms with Crippen molar-refractivity contribution in [3.8, 4) is 0 Å². The minimum absolute atomic E-state index is 0.000602. The third-order valence-corrected chi connectivity index (χ3v) is 2.32. The van der Waals surface area contributed by atoms with Crippen LogP contribution in [0.3, 0.4) is 0 Å². The van der Waals surface area contributed by atoms with Crippen LogP contribution in [0.5, 0.6) is 0 Å². The zero-order chi connectivity index (χ0) is 10.1. The quantitative estimate of drug-likeness (QED) is 0.704. The van der Waals surface area contributed by atoms with Crippen LogP contribution in [0.25, 0.3) is 0 Å². The Balaban J connectivity index is 2.35. The number of anilines is 1. The second-order valence-corrected chi connectivity index (χ2v) is 3.61. The monoisotopic (exact) mass is 194 g/mol. The molecule has 1 aliphatic rings. The van der Waals surface area contributed by atoms with Gasteiger partial charge in [0.2, 0.25) is 0 Å². The Morgan fingerprint density at radius 2 is 2.43 bits per heavy atom. The number of aromatic nitrogens is 2. The lowest BCUT2D eigenvalue weighted by Crippen LogP contribution is -2.24. The first-order valence-electron chi connectivity index (χ1n) is 4.71. The largest absolute Gasteiger partial charge is 0.370 e. The highest BCUT2D eigenvalue weighted by molar-refractivity contribution is 5.98. The van der Waals surface area contributed by atoms with Gasteiger partial charge in [-0.15, -0.1) is 0 Å². The third-order valence-electron chi connectivity index (χ3n) is 2.32. The number of aryl methyl sites for hydroxylation is 1. The van der Waals surface area contributed by atoms with E-state index in [4.69, 9.17) is 0 Å². The number of nitrogens with zero attached hydrogens (tertiary/aromatic N) is 3. The van der Waals surface area contributed by atoms with Gasteiger partial charge in [-0.25, -0.2) is 4.68 Å². The molecule has 14 heavy (non-hydrogen) atoms. The van der Waals surface area contributed by atoms with Crippen molar-refractivity contribution in [3.05, 3.63) is 11.8 Å². The molecule has 0 aromatic carbocycles. The molecule has 0 atom stereocenters. The number of nitrogens with one attached hydrogen (secondary N) is 1. The molecule has 5 heteroatoms. The molecular weight excluding hydrogens is 180 g/mol. The van der Waals surface area contributed by atoms with Gasteiger partial charge < -0.3 is 10.2 Å². The number of hydrogen-bond donors (Lipinski definition) is 1. The fraction of sp³-hybridized carbons (Fsp3) is 0.556. The number of fused-ring (bicyclic) bond motifs is 1. The van der Waals surface area contributed by atoms with Crippen LogP contribution in [0.1, 0.15) is 16.8 Å². The predicted molar refractivity (Wildman–Crippen MR) is 53.4 cm³/mol. The van der Waals surface area contributed by atoms with Crippen molar-refractivity contribution in [2.45, 2.75) is 13.0 Å². The molecule has 1 amide bonds. The number of carbonyl (C=O) groups excluding carboxylic acids is 1. The summed E-state index contributed by atoms with van der Waals surface area (Å²) in [5, 5.41) is 7.37. The van der Waals surface area contributed by atoms with E-state index < -0.39 is 0 Å². The van der Waals surface area contributed by atoms with Crippen molar-refractivity contribution in [1.82, 2.24) is 14.7 Å². The molecule has 0 unspecified atom stereocenters. The van der Waals surface area contributed by atoms with Crippen LogP contribution in [-0.4, -0.2) is 41.2 Å². The maximum absolute atomic E-state index is 11.7. The maximum Gasteiger partial charge on any atom is 0.258 e. The highest BCUT2D eigenvalue weighted by Gasteiger charge is 2.20. The lowest BCUT2D eigenvalue weighted by Gasteiger charge is -2.17. The third kappa shape index (κ3) is 1.34. The van der Waals surface area contributed by atoms with E-state index in [1.54, 1.807) is 25.2 Å². The number of hydrogen-bond acceptors (Lipinski definition) is 3. The van der Waals surface area contributed by atoms with E-state index in [1.807, 2.05) is 4.68 Å². The van der Waals surface area contributed by atoms with Gasteiger partial charge in [-0.3, -0.25) is 4.79 Å². The minimum Gasteiger partial charge on any atom is -0.370 e. The van der Waals surface area contributed by atoms with Crippen molar-refractivity contribution in [3.63, 3.8) is 0 Å². The van der Waals surface area contributed by atoms with Gasteiger partial charge in [0.15, 0.2) is 0 Å². The molecule has 1 N–H and O–H groups in total. The standard InChI is InChI=1S/C9H14N4O/c1-12(2)9(14)7-6-11-13-5-3-4-10-8(7)13/h6,10H,3-5H2,1-2H3. The van der Waals surface area contributed by atoms with Crippen LogP contribution in [0.4, 0.5) is 5.82 Å². The van der Waals surface area contributed by atoms with E-state index in [0.29, 0.717) is 5.56 Å². The fourth-order valence-electron chi connectivity index (χ4n) is 1.57. The van der Waals surface area contributed by atoms with Crippen LogP contribution in [-0.2, 0) is 6.54 Å². The molecule has 1 aliphatic heterocycles. The Hall–Kier alpha value is -1.52. The number of amides is 1. The summed E-state index contributed by atoms with van der Waals surface area (Å²) in [5.41, 5.74) is 0.662. The van der Waals surface area contributed by atoms with Gasteiger partial charge in [-0.2, -0.15) is 5.10 Å². The van der Waals surface area contributed by atoms with Gasteiger partial charge in [-0.1, -0.05) is 0 Å². The second-order valence-electron chi connectivity index (χ2n) is 3.61. The van der Waals surface area contributed by atoms with Crippen molar-refractivity contribution in [1.29, 1.82) is 0 Å². The zero-order valence-electron chi connectivity index (χ0n) is 8.45. The van der Waals surface area contributed by atoms with Crippen LogP contribution in [0, 0.1) is 0 Å². The lowest BCUT2D eigenvalue weighted by atomic mass is 10.2. The molecule has 5 nitrogen and oxygen atoms in total. The summed E-state index contributed by atoms with van der Waals surface area (Å²) >= 11 is 0. The zero-order valence-corrected chi connectivity index (χ0v) is 8.45. The first-order chi connectivity index (χ1) is 6.70. The smallest absolute Gasteiger partial charge is 0.258 e. The molecule has 76 valence electrons. The van der Waals surface area contributed by atoms with Crippen molar-refractivity contribution in [2.75, 3.05) is 26.0 Å². The topological polar surface area (TPSA) is 50.2 Å². The van der Waals surface area contributed by atoms with Crippen LogP contribution in [0.2, 0.25) is 0 Å². The second kappa shape index (κ2) is 3.32.